The Morgan fingerprint density at radius 1 is 1.50 bits per heavy atom. The lowest BCUT2D eigenvalue weighted by Gasteiger charge is -2.11. The van der Waals surface area contributed by atoms with Crippen molar-refractivity contribution in [3.8, 4) is 0 Å². The molecule has 0 aromatic carbocycles. The minimum absolute atomic E-state index is 0.0628. The van der Waals surface area contributed by atoms with E-state index >= 15 is 0 Å². The van der Waals surface area contributed by atoms with Crippen LogP contribution in [0.2, 0.25) is 0 Å². The van der Waals surface area contributed by atoms with Crippen molar-refractivity contribution in [3.63, 3.8) is 0 Å². The summed E-state index contributed by atoms with van der Waals surface area (Å²) in [5, 5.41) is 1.77. The van der Waals surface area contributed by atoms with Crippen molar-refractivity contribution >= 4 is 27.3 Å². The van der Waals surface area contributed by atoms with Crippen LogP contribution in [0.5, 0.6) is 0 Å². The third-order valence-electron chi connectivity index (χ3n) is 1.75. The molecule has 0 aliphatic rings. The lowest BCUT2D eigenvalue weighted by molar-refractivity contribution is -0.136. The Morgan fingerprint density at radius 3 is 2.57 bits per heavy atom. The highest BCUT2D eigenvalue weighted by Gasteiger charge is 2.27. The first-order chi connectivity index (χ1) is 6.38. The third kappa shape index (κ3) is 3.98. The Bertz CT molecular complexity index is 297. The predicted molar refractivity (Wildman–Crippen MR) is 54.2 cm³/mol. The Hall–Kier alpha value is -0.0700. The molecule has 0 bridgehead atoms. The van der Waals surface area contributed by atoms with E-state index in [0.717, 1.165) is 9.35 Å². The van der Waals surface area contributed by atoms with Crippen LogP contribution < -0.4 is 5.73 Å². The molecule has 1 atom stereocenters. The van der Waals surface area contributed by atoms with E-state index in [-0.39, 0.29) is 6.42 Å². The van der Waals surface area contributed by atoms with Gasteiger partial charge in [-0.05, 0) is 39.4 Å². The SMILES string of the molecule is NC(CCC(F)(F)F)c1csc(Br)c1. The maximum atomic E-state index is 11.9. The highest BCUT2D eigenvalue weighted by molar-refractivity contribution is 9.11. The molecule has 0 fully saturated rings. The largest absolute Gasteiger partial charge is 0.389 e. The van der Waals surface area contributed by atoms with Crippen molar-refractivity contribution in [2.24, 2.45) is 5.73 Å². The van der Waals surface area contributed by atoms with Crippen LogP contribution in [0.1, 0.15) is 24.4 Å². The van der Waals surface area contributed by atoms with Crippen LogP contribution in [0.3, 0.4) is 0 Å². The molecule has 1 heterocycles. The fourth-order valence-corrected chi connectivity index (χ4v) is 2.24. The van der Waals surface area contributed by atoms with Gasteiger partial charge in [0.2, 0.25) is 0 Å². The quantitative estimate of drug-likeness (QED) is 0.898. The van der Waals surface area contributed by atoms with E-state index in [1.165, 1.54) is 11.3 Å². The highest BCUT2D eigenvalue weighted by Crippen LogP contribution is 2.29. The monoisotopic (exact) mass is 287 g/mol. The minimum Gasteiger partial charge on any atom is -0.324 e. The second kappa shape index (κ2) is 4.63. The standard InChI is InChI=1S/C8H9BrF3NS/c9-7-3-5(4-14-7)6(13)1-2-8(10,11)12/h3-4,6H,1-2,13H2. The molecule has 0 amide bonds. The first kappa shape index (κ1) is 12.0. The third-order valence-corrected chi connectivity index (χ3v) is 3.28. The molecule has 1 nitrogen and oxygen atoms in total. The molecule has 1 rings (SSSR count). The van der Waals surface area contributed by atoms with Crippen LogP contribution in [-0.2, 0) is 0 Å². The van der Waals surface area contributed by atoms with Crippen LogP contribution >= 0.6 is 27.3 Å². The van der Waals surface area contributed by atoms with Gasteiger partial charge in [0.1, 0.15) is 0 Å². The summed E-state index contributed by atoms with van der Waals surface area (Å²) >= 11 is 4.65. The van der Waals surface area contributed by atoms with E-state index in [2.05, 4.69) is 15.9 Å². The summed E-state index contributed by atoms with van der Waals surface area (Å²) in [6.45, 7) is 0. The molecule has 80 valence electrons. The van der Waals surface area contributed by atoms with E-state index in [9.17, 15) is 13.2 Å². The van der Waals surface area contributed by atoms with Gasteiger partial charge in [0, 0.05) is 12.5 Å². The number of rotatable bonds is 3. The highest BCUT2D eigenvalue weighted by atomic mass is 79.9. The molecule has 14 heavy (non-hydrogen) atoms. The number of halogens is 4. The zero-order valence-corrected chi connectivity index (χ0v) is 9.55. The molecule has 0 saturated carbocycles. The maximum absolute atomic E-state index is 11.9. The second-order valence-electron chi connectivity index (χ2n) is 2.94. The molecule has 0 aliphatic carbocycles. The molecule has 1 unspecified atom stereocenters. The van der Waals surface area contributed by atoms with Gasteiger partial charge in [0.25, 0.3) is 0 Å². The molecular weight excluding hydrogens is 279 g/mol. The Kier molecular flexibility index (Phi) is 3.97. The fraction of sp³-hybridized carbons (Fsp3) is 0.500. The van der Waals surface area contributed by atoms with Gasteiger partial charge in [0.05, 0.1) is 3.79 Å². The lowest BCUT2D eigenvalue weighted by atomic mass is 10.1. The van der Waals surface area contributed by atoms with Crippen LogP contribution in [-0.4, -0.2) is 6.18 Å². The van der Waals surface area contributed by atoms with E-state index < -0.39 is 18.6 Å². The average molecular weight is 288 g/mol. The molecule has 6 heteroatoms. The van der Waals surface area contributed by atoms with E-state index in [0.29, 0.717) is 0 Å². The van der Waals surface area contributed by atoms with Crippen LogP contribution in [0, 0.1) is 0 Å². The zero-order chi connectivity index (χ0) is 10.8. The minimum atomic E-state index is -4.12. The van der Waals surface area contributed by atoms with Crippen molar-refractivity contribution in [1.82, 2.24) is 0 Å². The molecule has 2 N–H and O–H groups in total. The summed E-state index contributed by atoms with van der Waals surface area (Å²) in [5.41, 5.74) is 6.36. The van der Waals surface area contributed by atoms with Crippen LogP contribution in [0.15, 0.2) is 15.2 Å². The van der Waals surface area contributed by atoms with Crippen molar-refractivity contribution in [1.29, 1.82) is 0 Å². The van der Waals surface area contributed by atoms with Gasteiger partial charge in [-0.3, -0.25) is 0 Å². The Labute approximate surface area is 92.2 Å². The van der Waals surface area contributed by atoms with E-state index in [4.69, 9.17) is 5.73 Å². The van der Waals surface area contributed by atoms with Crippen molar-refractivity contribution < 1.29 is 13.2 Å². The molecule has 0 spiro atoms. The molecule has 0 aliphatic heterocycles. The number of nitrogens with two attached hydrogens (primary N) is 1. The smallest absolute Gasteiger partial charge is 0.324 e. The van der Waals surface area contributed by atoms with Crippen molar-refractivity contribution in [2.75, 3.05) is 0 Å². The Balaban J connectivity index is 2.47. The van der Waals surface area contributed by atoms with Gasteiger partial charge in [0.15, 0.2) is 0 Å². The normalized spacial score (nSPS) is 14.4. The summed E-state index contributed by atoms with van der Waals surface area (Å²) in [4.78, 5) is 0. The number of hydrogen-bond acceptors (Lipinski definition) is 2. The van der Waals surface area contributed by atoms with Gasteiger partial charge in [-0.2, -0.15) is 13.2 Å². The average Bonchev–Trinajstić information content (AvgIpc) is 2.46. The Morgan fingerprint density at radius 2 is 2.14 bits per heavy atom. The van der Waals surface area contributed by atoms with Crippen LogP contribution in [0.25, 0.3) is 0 Å². The first-order valence-electron chi connectivity index (χ1n) is 3.95. The maximum Gasteiger partial charge on any atom is 0.389 e. The number of thiophene rings is 1. The zero-order valence-electron chi connectivity index (χ0n) is 7.14. The number of alkyl halides is 3. The summed E-state index contributed by atoms with van der Waals surface area (Å²) < 4.78 is 36.5. The van der Waals surface area contributed by atoms with Gasteiger partial charge < -0.3 is 5.73 Å². The molecule has 0 saturated heterocycles. The van der Waals surface area contributed by atoms with Crippen molar-refractivity contribution in [3.05, 3.63) is 20.8 Å². The number of hydrogen-bond donors (Lipinski definition) is 1. The van der Waals surface area contributed by atoms with Gasteiger partial charge in [-0.1, -0.05) is 0 Å². The second-order valence-corrected chi connectivity index (χ2v) is 5.23. The van der Waals surface area contributed by atoms with Crippen molar-refractivity contribution in [2.45, 2.75) is 25.1 Å². The summed E-state index contributed by atoms with van der Waals surface area (Å²) in [6, 6.07) is 1.23. The predicted octanol–water partition coefficient (Wildman–Crippen LogP) is 3.85. The summed E-state index contributed by atoms with van der Waals surface area (Å²) in [7, 11) is 0. The first-order valence-corrected chi connectivity index (χ1v) is 5.62. The lowest BCUT2D eigenvalue weighted by Crippen LogP contribution is -2.15. The van der Waals surface area contributed by atoms with E-state index in [1.807, 2.05) is 0 Å². The summed E-state index contributed by atoms with van der Waals surface area (Å²) in [6.07, 6.45) is -5.01. The molecule has 0 radical (unpaired) electrons. The summed E-state index contributed by atoms with van der Waals surface area (Å²) in [5.74, 6) is 0. The van der Waals surface area contributed by atoms with E-state index in [1.54, 1.807) is 11.4 Å². The fourth-order valence-electron chi connectivity index (χ4n) is 1.00. The van der Waals surface area contributed by atoms with Gasteiger partial charge in [-0.15, -0.1) is 11.3 Å². The van der Waals surface area contributed by atoms with Crippen LogP contribution in [0.4, 0.5) is 13.2 Å². The molecule has 1 aromatic rings. The van der Waals surface area contributed by atoms with Gasteiger partial charge in [-0.25, -0.2) is 0 Å². The topological polar surface area (TPSA) is 26.0 Å². The molecule has 1 aromatic heterocycles. The molecular formula is C8H9BrF3NS. The van der Waals surface area contributed by atoms with Gasteiger partial charge >= 0.3 is 6.18 Å².